The first-order valence-electron chi connectivity index (χ1n) is 9.88. The van der Waals surface area contributed by atoms with Crippen LogP contribution in [0.1, 0.15) is 19.8 Å². The molecule has 0 aromatic heterocycles. The summed E-state index contributed by atoms with van der Waals surface area (Å²) in [6.45, 7) is 3.16. The summed E-state index contributed by atoms with van der Waals surface area (Å²) in [4.78, 5) is 38.2. The monoisotopic (exact) mass is 411 g/mol. The number of rotatable bonds is 8. The Morgan fingerprint density at radius 2 is 1.80 bits per heavy atom. The lowest BCUT2D eigenvalue weighted by atomic mass is 10.2. The zero-order chi connectivity index (χ0) is 21.3. The number of hydrogen-bond donors (Lipinski definition) is 2. The third-order valence-corrected chi connectivity index (χ3v) is 4.49. The van der Waals surface area contributed by atoms with Crippen molar-refractivity contribution in [1.29, 1.82) is 0 Å². The molecule has 2 aromatic rings. The highest BCUT2D eigenvalue weighted by molar-refractivity contribution is 5.98. The van der Waals surface area contributed by atoms with E-state index in [2.05, 4.69) is 10.6 Å². The van der Waals surface area contributed by atoms with Crippen molar-refractivity contribution in [2.45, 2.75) is 19.8 Å². The van der Waals surface area contributed by atoms with Gasteiger partial charge in [-0.2, -0.15) is 0 Å². The van der Waals surface area contributed by atoms with Gasteiger partial charge in [-0.15, -0.1) is 0 Å². The fourth-order valence-corrected chi connectivity index (χ4v) is 3.06. The number of anilines is 2. The van der Waals surface area contributed by atoms with Gasteiger partial charge in [0.2, 0.25) is 17.7 Å². The fraction of sp³-hybridized carbons (Fsp3) is 0.318. The molecule has 1 heterocycles. The lowest BCUT2D eigenvalue weighted by Gasteiger charge is -2.29. The van der Waals surface area contributed by atoms with E-state index in [-0.39, 0.29) is 37.1 Å². The van der Waals surface area contributed by atoms with Crippen molar-refractivity contribution in [2.75, 3.05) is 36.5 Å². The van der Waals surface area contributed by atoms with E-state index >= 15 is 0 Å². The normalized spacial score (nSPS) is 12.4. The van der Waals surface area contributed by atoms with E-state index in [4.69, 9.17) is 9.47 Å². The average molecular weight is 411 g/mol. The Morgan fingerprint density at radius 1 is 1.03 bits per heavy atom. The number of carbonyl (C=O) groups excluding carboxylic acids is 3. The van der Waals surface area contributed by atoms with E-state index in [0.29, 0.717) is 36.9 Å². The van der Waals surface area contributed by atoms with Gasteiger partial charge in [-0.1, -0.05) is 12.1 Å². The van der Waals surface area contributed by atoms with Crippen molar-refractivity contribution < 1.29 is 23.9 Å². The molecule has 1 aliphatic rings. The van der Waals surface area contributed by atoms with E-state index in [1.165, 1.54) is 0 Å². The molecule has 0 fully saturated rings. The maximum Gasteiger partial charge on any atom is 0.243 e. The standard InChI is InChI=1S/C22H25N3O5/c1-2-29-17-9-7-16(8-10-17)24-21(27)15-23-20(26)11-12-22(28)25-13-14-30-19-6-4-3-5-18(19)25/h3-10H,2,11-15H2,1H3,(H,23,26)(H,24,27). The van der Waals surface area contributed by atoms with Crippen molar-refractivity contribution in [3.63, 3.8) is 0 Å². The molecule has 8 nitrogen and oxygen atoms in total. The summed E-state index contributed by atoms with van der Waals surface area (Å²) in [7, 11) is 0. The summed E-state index contributed by atoms with van der Waals surface area (Å²) < 4.78 is 10.9. The minimum Gasteiger partial charge on any atom is -0.494 e. The maximum absolute atomic E-state index is 12.5. The van der Waals surface area contributed by atoms with Crippen LogP contribution in [-0.2, 0) is 14.4 Å². The molecule has 0 radical (unpaired) electrons. The summed E-state index contributed by atoms with van der Waals surface area (Å²) in [5.74, 6) is 0.524. The number of para-hydroxylation sites is 2. The quantitative estimate of drug-likeness (QED) is 0.695. The number of ether oxygens (including phenoxy) is 2. The first-order chi connectivity index (χ1) is 14.6. The van der Waals surface area contributed by atoms with Crippen LogP contribution < -0.4 is 25.0 Å². The van der Waals surface area contributed by atoms with Crippen LogP contribution in [0.5, 0.6) is 11.5 Å². The number of nitrogens with zero attached hydrogens (tertiary/aromatic N) is 1. The fourth-order valence-electron chi connectivity index (χ4n) is 3.06. The second-order valence-electron chi connectivity index (χ2n) is 6.64. The molecule has 0 bridgehead atoms. The van der Waals surface area contributed by atoms with Gasteiger partial charge in [-0.25, -0.2) is 0 Å². The molecule has 0 saturated heterocycles. The van der Waals surface area contributed by atoms with Gasteiger partial charge in [-0.05, 0) is 43.3 Å². The molecule has 3 amide bonds. The van der Waals surface area contributed by atoms with E-state index in [9.17, 15) is 14.4 Å². The van der Waals surface area contributed by atoms with Crippen LogP contribution in [0.25, 0.3) is 0 Å². The largest absolute Gasteiger partial charge is 0.494 e. The lowest BCUT2D eigenvalue weighted by Crippen LogP contribution is -2.39. The second-order valence-corrected chi connectivity index (χ2v) is 6.64. The molecule has 8 heteroatoms. The highest BCUT2D eigenvalue weighted by Crippen LogP contribution is 2.31. The molecule has 0 spiro atoms. The highest BCUT2D eigenvalue weighted by atomic mass is 16.5. The van der Waals surface area contributed by atoms with E-state index in [1.807, 2.05) is 31.2 Å². The second kappa shape index (κ2) is 10.3. The maximum atomic E-state index is 12.5. The molecule has 30 heavy (non-hydrogen) atoms. The minimum atomic E-state index is -0.355. The van der Waals surface area contributed by atoms with Crippen molar-refractivity contribution in [3.05, 3.63) is 48.5 Å². The summed E-state index contributed by atoms with van der Waals surface area (Å²) >= 11 is 0. The van der Waals surface area contributed by atoms with Crippen LogP contribution in [0.4, 0.5) is 11.4 Å². The summed E-state index contributed by atoms with van der Waals surface area (Å²) in [5, 5.41) is 5.24. The number of benzene rings is 2. The Bertz CT molecular complexity index is 898. The number of nitrogens with one attached hydrogen (secondary N) is 2. The van der Waals surface area contributed by atoms with Crippen LogP contribution in [0.3, 0.4) is 0 Å². The molecule has 0 unspecified atom stereocenters. The first-order valence-corrected chi connectivity index (χ1v) is 9.88. The Hall–Kier alpha value is -3.55. The van der Waals surface area contributed by atoms with Crippen LogP contribution in [0.15, 0.2) is 48.5 Å². The summed E-state index contributed by atoms with van der Waals surface area (Å²) in [6.07, 6.45) is 0.0648. The van der Waals surface area contributed by atoms with Crippen molar-refractivity contribution >= 4 is 29.1 Å². The van der Waals surface area contributed by atoms with Crippen LogP contribution >= 0.6 is 0 Å². The van der Waals surface area contributed by atoms with Crippen molar-refractivity contribution in [3.8, 4) is 11.5 Å². The van der Waals surface area contributed by atoms with E-state index in [0.717, 1.165) is 5.75 Å². The van der Waals surface area contributed by atoms with Gasteiger partial charge in [0.25, 0.3) is 0 Å². The molecule has 2 N–H and O–H groups in total. The smallest absolute Gasteiger partial charge is 0.243 e. The van der Waals surface area contributed by atoms with Gasteiger partial charge < -0.3 is 25.0 Å². The molecule has 3 rings (SSSR count). The molecule has 0 saturated carbocycles. The van der Waals surface area contributed by atoms with Crippen molar-refractivity contribution in [1.82, 2.24) is 5.32 Å². The SMILES string of the molecule is CCOc1ccc(NC(=O)CNC(=O)CCC(=O)N2CCOc3ccccc32)cc1. The number of amides is 3. The topological polar surface area (TPSA) is 97.0 Å². The van der Waals surface area contributed by atoms with Crippen LogP contribution in [0, 0.1) is 0 Å². The third kappa shape index (κ3) is 5.73. The highest BCUT2D eigenvalue weighted by Gasteiger charge is 2.23. The Labute approximate surface area is 175 Å². The van der Waals surface area contributed by atoms with Gasteiger partial charge in [0, 0.05) is 18.5 Å². The minimum absolute atomic E-state index is 0.00862. The predicted octanol–water partition coefficient (Wildman–Crippen LogP) is 2.35. The van der Waals surface area contributed by atoms with Crippen LogP contribution in [0.2, 0.25) is 0 Å². The predicted molar refractivity (Wildman–Crippen MR) is 113 cm³/mol. The molecular weight excluding hydrogens is 386 g/mol. The molecular formula is C22H25N3O5. The van der Waals surface area contributed by atoms with Gasteiger partial charge in [0.05, 0.1) is 25.4 Å². The zero-order valence-electron chi connectivity index (χ0n) is 16.8. The molecule has 158 valence electrons. The van der Waals surface area contributed by atoms with Crippen LogP contribution in [-0.4, -0.2) is 44.0 Å². The average Bonchev–Trinajstić information content (AvgIpc) is 2.77. The van der Waals surface area contributed by atoms with Crippen molar-refractivity contribution in [2.24, 2.45) is 0 Å². The molecule has 1 aliphatic heterocycles. The summed E-state index contributed by atoms with van der Waals surface area (Å²) in [5.41, 5.74) is 1.32. The number of carbonyl (C=O) groups is 3. The van der Waals surface area contributed by atoms with Gasteiger partial charge >= 0.3 is 0 Å². The summed E-state index contributed by atoms with van der Waals surface area (Å²) in [6, 6.07) is 14.3. The first kappa shape index (κ1) is 21.2. The molecule has 2 aromatic carbocycles. The van der Waals surface area contributed by atoms with Gasteiger partial charge in [0.1, 0.15) is 18.1 Å². The number of fused-ring (bicyclic) bond motifs is 1. The third-order valence-electron chi connectivity index (χ3n) is 4.49. The molecule has 0 aliphatic carbocycles. The molecule has 0 atom stereocenters. The Kier molecular flexibility index (Phi) is 7.26. The van der Waals surface area contributed by atoms with Gasteiger partial charge in [-0.3, -0.25) is 14.4 Å². The Balaban J connectivity index is 1.40. The van der Waals surface area contributed by atoms with Gasteiger partial charge in [0.15, 0.2) is 0 Å². The van der Waals surface area contributed by atoms with E-state index < -0.39 is 0 Å². The zero-order valence-corrected chi connectivity index (χ0v) is 16.8. The lowest BCUT2D eigenvalue weighted by molar-refractivity contribution is -0.126. The Morgan fingerprint density at radius 3 is 2.57 bits per heavy atom. The number of hydrogen-bond acceptors (Lipinski definition) is 5. The van der Waals surface area contributed by atoms with E-state index in [1.54, 1.807) is 29.2 Å².